The fraction of sp³-hybridized carbons (Fsp3) is 0.643. The Labute approximate surface area is 289 Å². The number of allylic oxidation sites excluding steroid dienone is 1. The first kappa shape index (κ1) is 34.9. The Morgan fingerprint density at radius 1 is 0.917 bits per heavy atom. The van der Waals surface area contributed by atoms with Crippen LogP contribution in [0.15, 0.2) is 70.4 Å². The highest BCUT2D eigenvalue weighted by Crippen LogP contribution is 2.67. The van der Waals surface area contributed by atoms with Gasteiger partial charge in [0.05, 0.1) is 23.5 Å². The molecule has 6 heteroatoms. The van der Waals surface area contributed by atoms with Gasteiger partial charge in [-0.1, -0.05) is 46.3 Å². The van der Waals surface area contributed by atoms with Gasteiger partial charge in [0, 0.05) is 6.42 Å². The highest BCUT2D eigenvalue weighted by atomic mass is 16.5. The van der Waals surface area contributed by atoms with Crippen molar-refractivity contribution in [1.82, 2.24) is 4.90 Å². The van der Waals surface area contributed by atoms with E-state index in [2.05, 4.69) is 62.9 Å². The molecule has 260 valence electrons. The second-order valence-electron chi connectivity index (χ2n) is 16.2. The van der Waals surface area contributed by atoms with Gasteiger partial charge in [0.1, 0.15) is 11.9 Å². The quantitative estimate of drug-likeness (QED) is 0.0989. The Morgan fingerprint density at radius 2 is 1.62 bits per heavy atom. The zero-order valence-electron chi connectivity index (χ0n) is 30.4. The van der Waals surface area contributed by atoms with Crippen molar-refractivity contribution in [1.29, 1.82) is 0 Å². The van der Waals surface area contributed by atoms with E-state index < -0.39 is 0 Å². The summed E-state index contributed by atoms with van der Waals surface area (Å²) in [5.74, 6) is 4.74. The number of hydrogen-bond acceptors (Lipinski definition) is 6. The van der Waals surface area contributed by atoms with E-state index in [-0.39, 0.29) is 17.5 Å². The molecule has 0 saturated heterocycles. The van der Waals surface area contributed by atoms with Crippen molar-refractivity contribution in [3.8, 4) is 5.75 Å². The average molecular weight is 654 g/mol. The van der Waals surface area contributed by atoms with Crippen LogP contribution in [0.25, 0.3) is 0 Å². The highest BCUT2D eigenvalue weighted by molar-refractivity contribution is 5.89. The summed E-state index contributed by atoms with van der Waals surface area (Å²) in [6.07, 6.45) is 14.4. The Hall–Kier alpha value is -2.99. The third-order valence-electron chi connectivity index (χ3n) is 13.2. The molecule has 2 aromatic carbocycles. The maximum atomic E-state index is 13.2. The monoisotopic (exact) mass is 653 g/mol. The van der Waals surface area contributed by atoms with E-state index in [1.54, 1.807) is 17.7 Å². The van der Waals surface area contributed by atoms with E-state index >= 15 is 0 Å². The first-order chi connectivity index (χ1) is 23.1. The lowest BCUT2D eigenvalue weighted by Gasteiger charge is -2.58. The van der Waals surface area contributed by atoms with E-state index in [1.165, 1.54) is 32.1 Å². The van der Waals surface area contributed by atoms with Crippen LogP contribution in [0, 0.1) is 40.4 Å². The number of azo groups is 1. The normalized spacial score (nSPS) is 31.3. The molecule has 0 N–H and O–H groups in total. The summed E-state index contributed by atoms with van der Waals surface area (Å²) < 4.78 is 12.0. The Morgan fingerprint density at radius 3 is 2.31 bits per heavy atom. The molecule has 7 atom stereocenters. The van der Waals surface area contributed by atoms with Gasteiger partial charge in [-0.2, -0.15) is 10.2 Å². The van der Waals surface area contributed by atoms with Gasteiger partial charge in [0.25, 0.3) is 0 Å². The number of ether oxygens (including phenoxy) is 2. The lowest BCUT2D eigenvalue weighted by atomic mass is 9.47. The van der Waals surface area contributed by atoms with E-state index in [9.17, 15) is 4.79 Å². The molecule has 3 saturated carbocycles. The molecular formula is C42H59N3O3. The fourth-order valence-electron chi connectivity index (χ4n) is 10.3. The number of esters is 1. The maximum Gasteiger partial charge on any atom is 0.338 e. The lowest BCUT2D eigenvalue weighted by molar-refractivity contribution is -0.0579. The number of nitrogens with zero attached hydrogens (tertiary/aromatic N) is 3. The smallest absolute Gasteiger partial charge is 0.338 e. The maximum absolute atomic E-state index is 13.2. The molecule has 2 aromatic rings. The molecule has 4 aliphatic carbocycles. The van der Waals surface area contributed by atoms with Crippen molar-refractivity contribution in [2.75, 3.05) is 26.7 Å². The third-order valence-corrected chi connectivity index (χ3v) is 13.2. The van der Waals surface area contributed by atoms with Gasteiger partial charge in [0.2, 0.25) is 0 Å². The number of carbonyl (C=O) groups is 1. The molecule has 0 heterocycles. The predicted molar refractivity (Wildman–Crippen MR) is 194 cm³/mol. The zero-order valence-corrected chi connectivity index (χ0v) is 30.4. The highest BCUT2D eigenvalue weighted by Gasteiger charge is 2.59. The second kappa shape index (κ2) is 14.9. The summed E-state index contributed by atoms with van der Waals surface area (Å²) in [4.78, 5) is 15.5. The molecule has 48 heavy (non-hydrogen) atoms. The van der Waals surface area contributed by atoms with Crippen molar-refractivity contribution in [2.24, 2.45) is 50.6 Å². The van der Waals surface area contributed by atoms with Crippen molar-refractivity contribution in [2.45, 2.75) is 105 Å². The SMILES string of the molecule is CCN(C)CCCCOc1ccc(N=Nc2ccc(C(=O)OC3CCC4(C)C(=CCC5C4CCC4(C)C(C(C)C)CCC54)C3)cc2)cc1. The van der Waals surface area contributed by atoms with Crippen LogP contribution in [0.2, 0.25) is 0 Å². The molecule has 7 unspecified atom stereocenters. The van der Waals surface area contributed by atoms with Gasteiger partial charge < -0.3 is 14.4 Å². The van der Waals surface area contributed by atoms with Crippen molar-refractivity contribution in [3.63, 3.8) is 0 Å². The molecule has 0 bridgehead atoms. The molecule has 0 spiro atoms. The predicted octanol–water partition coefficient (Wildman–Crippen LogP) is 11.0. The van der Waals surface area contributed by atoms with E-state index in [1.807, 2.05) is 36.4 Å². The number of benzene rings is 2. The first-order valence-electron chi connectivity index (χ1n) is 18.9. The molecule has 0 radical (unpaired) electrons. The van der Waals surface area contributed by atoms with Gasteiger partial charge in [-0.3, -0.25) is 0 Å². The molecule has 0 aliphatic heterocycles. The number of unbranched alkanes of at least 4 members (excludes halogenated alkanes) is 1. The standard InChI is InChI=1S/C42H59N3O3/c1-7-45(6)26-8-9-27-47-34-17-15-33(16-18-34)44-43-32-13-10-30(11-14-32)40(46)48-35-22-24-41(4)31(28-35)12-19-36-38-21-20-37(29(2)3)42(38,5)25-23-39(36)41/h10-18,29,35-39H,7-9,19-28H2,1-6H3. The average Bonchev–Trinajstić information content (AvgIpc) is 3.45. The Balaban J connectivity index is 0.987. The van der Waals surface area contributed by atoms with Gasteiger partial charge in [0.15, 0.2) is 0 Å². The number of carbonyl (C=O) groups excluding carboxylic acids is 1. The molecule has 0 amide bonds. The summed E-state index contributed by atoms with van der Waals surface area (Å²) >= 11 is 0. The lowest BCUT2D eigenvalue weighted by Crippen LogP contribution is -2.51. The topological polar surface area (TPSA) is 63.5 Å². The van der Waals surface area contributed by atoms with Crippen LogP contribution in [0.4, 0.5) is 11.4 Å². The van der Waals surface area contributed by atoms with Gasteiger partial charge >= 0.3 is 5.97 Å². The number of hydrogen-bond donors (Lipinski definition) is 0. The molecule has 6 rings (SSSR count). The van der Waals surface area contributed by atoms with E-state index in [0.29, 0.717) is 23.3 Å². The summed E-state index contributed by atoms with van der Waals surface area (Å²) in [5.41, 5.74) is 4.36. The molecular weight excluding hydrogens is 594 g/mol. The van der Waals surface area contributed by atoms with Crippen LogP contribution in [0.3, 0.4) is 0 Å². The van der Waals surface area contributed by atoms with Gasteiger partial charge in [-0.05, 0) is 167 Å². The fourth-order valence-corrected chi connectivity index (χ4v) is 10.3. The Kier molecular flexibility index (Phi) is 10.8. The number of fused-ring (bicyclic) bond motifs is 5. The Bertz CT molecular complexity index is 1450. The summed E-state index contributed by atoms with van der Waals surface area (Å²) in [6.45, 7) is 15.1. The first-order valence-corrected chi connectivity index (χ1v) is 18.9. The van der Waals surface area contributed by atoms with Crippen LogP contribution in [0.5, 0.6) is 5.75 Å². The van der Waals surface area contributed by atoms with E-state index in [0.717, 1.165) is 86.2 Å². The minimum Gasteiger partial charge on any atom is -0.494 e. The minimum absolute atomic E-state index is 0.0480. The molecule has 4 aliphatic rings. The molecule has 6 nitrogen and oxygen atoms in total. The van der Waals surface area contributed by atoms with E-state index in [4.69, 9.17) is 9.47 Å². The number of rotatable bonds is 12. The largest absolute Gasteiger partial charge is 0.494 e. The molecule has 0 aromatic heterocycles. The van der Waals surface area contributed by atoms with Crippen LogP contribution < -0.4 is 4.74 Å². The summed E-state index contributed by atoms with van der Waals surface area (Å²) in [5, 5.41) is 8.75. The second-order valence-corrected chi connectivity index (χ2v) is 16.2. The summed E-state index contributed by atoms with van der Waals surface area (Å²) in [6, 6.07) is 15.0. The summed E-state index contributed by atoms with van der Waals surface area (Å²) in [7, 11) is 2.14. The van der Waals surface area contributed by atoms with Crippen LogP contribution >= 0.6 is 0 Å². The molecule has 3 fully saturated rings. The zero-order chi connectivity index (χ0) is 33.9. The minimum atomic E-state index is -0.242. The van der Waals surface area contributed by atoms with Crippen LogP contribution in [-0.2, 0) is 4.74 Å². The third kappa shape index (κ3) is 7.29. The van der Waals surface area contributed by atoms with Crippen molar-refractivity contribution >= 4 is 17.3 Å². The van der Waals surface area contributed by atoms with Crippen molar-refractivity contribution in [3.05, 3.63) is 65.7 Å². The van der Waals surface area contributed by atoms with Crippen LogP contribution in [-0.4, -0.2) is 43.7 Å². The van der Waals surface area contributed by atoms with Crippen molar-refractivity contribution < 1.29 is 14.3 Å². The van der Waals surface area contributed by atoms with Gasteiger partial charge in [-0.25, -0.2) is 4.79 Å². The van der Waals surface area contributed by atoms with Crippen LogP contribution in [0.1, 0.15) is 109 Å². The van der Waals surface area contributed by atoms with Gasteiger partial charge in [-0.15, -0.1) is 0 Å².